The van der Waals surface area contributed by atoms with Crippen molar-refractivity contribution in [2.24, 2.45) is 7.05 Å². The molecule has 82 valence electrons. The van der Waals surface area contributed by atoms with Gasteiger partial charge >= 0.3 is 5.97 Å². The highest BCUT2D eigenvalue weighted by Crippen LogP contribution is 2.25. The van der Waals surface area contributed by atoms with Crippen molar-refractivity contribution in [1.29, 1.82) is 0 Å². The highest BCUT2D eigenvalue weighted by Gasteiger charge is 2.32. The van der Waals surface area contributed by atoms with Crippen molar-refractivity contribution in [3.8, 4) is 0 Å². The van der Waals surface area contributed by atoms with Crippen LogP contribution in [0.4, 0.5) is 5.69 Å². The van der Waals surface area contributed by atoms with E-state index in [9.17, 15) is 4.79 Å². The molecule has 5 nitrogen and oxygen atoms in total. The Balaban J connectivity index is 2.18. The van der Waals surface area contributed by atoms with Crippen molar-refractivity contribution < 1.29 is 9.53 Å². The third-order valence-corrected chi connectivity index (χ3v) is 2.75. The minimum Gasteiger partial charge on any atom is -0.467 e. The van der Waals surface area contributed by atoms with Crippen molar-refractivity contribution >= 4 is 11.7 Å². The van der Waals surface area contributed by atoms with Gasteiger partial charge in [0.2, 0.25) is 0 Å². The molecule has 1 aliphatic rings. The van der Waals surface area contributed by atoms with E-state index in [1.54, 1.807) is 10.9 Å². The van der Waals surface area contributed by atoms with Gasteiger partial charge < -0.3 is 9.64 Å². The maximum absolute atomic E-state index is 11.5. The molecule has 15 heavy (non-hydrogen) atoms. The van der Waals surface area contributed by atoms with Crippen molar-refractivity contribution in [3.05, 3.63) is 12.4 Å². The molecule has 1 atom stereocenters. The van der Waals surface area contributed by atoms with Gasteiger partial charge in [-0.25, -0.2) is 4.79 Å². The number of hydrogen-bond donors (Lipinski definition) is 0. The summed E-state index contributed by atoms with van der Waals surface area (Å²) < 4.78 is 6.52. The number of carbonyl (C=O) groups is 1. The Morgan fingerprint density at radius 2 is 2.47 bits per heavy atom. The van der Waals surface area contributed by atoms with Crippen LogP contribution in [0.15, 0.2) is 12.4 Å². The number of aromatic nitrogens is 2. The van der Waals surface area contributed by atoms with E-state index in [0.717, 1.165) is 25.1 Å². The summed E-state index contributed by atoms with van der Waals surface area (Å²) in [5.41, 5.74) is 0.991. The first-order valence-corrected chi connectivity index (χ1v) is 5.05. The summed E-state index contributed by atoms with van der Waals surface area (Å²) >= 11 is 0. The van der Waals surface area contributed by atoms with Crippen LogP contribution in [0.5, 0.6) is 0 Å². The second kappa shape index (κ2) is 3.92. The van der Waals surface area contributed by atoms with E-state index < -0.39 is 0 Å². The van der Waals surface area contributed by atoms with Crippen LogP contribution in [0.25, 0.3) is 0 Å². The third-order valence-electron chi connectivity index (χ3n) is 2.75. The second-order valence-electron chi connectivity index (χ2n) is 3.75. The number of nitrogens with zero attached hydrogens (tertiary/aromatic N) is 3. The molecule has 5 heteroatoms. The number of rotatable bonds is 2. The highest BCUT2D eigenvalue weighted by atomic mass is 16.5. The van der Waals surface area contributed by atoms with Gasteiger partial charge in [0, 0.05) is 19.8 Å². The second-order valence-corrected chi connectivity index (χ2v) is 3.75. The number of carbonyl (C=O) groups excluding carboxylic acids is 1. The summed E-state index contributed by atoms with van der Waals surface area (Å²) in [7, 11) is 3.30. The molecule has 0 aromatic carbocycles. The Labute approximate surface area is 88.6 Å². The van der Waals surface area contributed by atoms with E-state index in [0.29, 0.717) is 0 Å². The number of methoxy groups -OCH3 is 1. The number of aryl methyl sites for hydroxylation is 1. The summed E-state index contributed by atoms with van der Waals surface area (Å²) in [6.07, 6.45) is 5.58. The molecule has 2 rings (SSSR count). The van der Waals surface area contributed by atoms with Crippen molar-refractivity contribution in [3.63, 3.8) is 0 Å². The lowest BCUT2D eigenvalue weighted by Gasteiger charge is -2.22. The fraction of sp³-hybridized carbons (Fsp3) is 0.600. The van der Waals surface area contributed by atoms with Gasteiger partial charge in [-0.3, -0.25) is 4.68 Å². The van der Waals surface area contributed by atoms with Crippen molar-refractivity contribution in [2.75, 3.05) is 18.6 Å². The molecule has 0 N–H and O–H groups in total. The minimum absolute atomic E-state index is 0.140. The zero-order chi connectivity index (χ0) is 10.8. The summed E-state index contributed by atoms with van der Waals surface area (Å²) in [4.78, 5) is 13.6. The molecule has 1 saturated heterocycles. The van der Waals surface area contributed by atoms with Crippen LogP contribution in [-0.2, 0) is 16.6 Å². The summed E-state index contributed by atoms with van der Waals surface area (Å²) in [6, 6.07) is -0.140. The SMILES string of the molecule is COC(=O)C1CCCN1c1cnn(C)c1. The lowest BCUT2D eigenvalue weighted by molar-refractivity contribution is -0.141. The fourth-order valence-corrected chi connectivity index (χ4v) is 2.01. The molecule has 0 spiro atoms. The van der Waals surface area contributed by atoms with Gasteiger partial charge in [0.05, 0.1) is 19.0 Å². The molecule has 1 aromatic heterocycles. The van der Waals surface area contributed by atoms with Gasteiger partial charge in [0.25, 0.3) is 0 Å². The lowest BCUT2D eigenvalue weighted by Crippen LogP contribution is -2.36. The van der Waals surface area contributed by atoms with Crippen molar-refractivity contribution in [2.45, 2.75) is 18.9 Å². The van der Waals surface area contributed by atoms with Gasteiger partial charge in [-0.05, 0) is 12.8 Å². The van der Waals surface area contributed by atoms with E-state index in [4.69, 9.17) is 4.74 Å². The number of anilines is 1. The van der Waals surface area contributed by atoms with Gasteiger partial charge in [-0.1, -0.05) is 0 Å². The maximum atomic E-state index is 11.5. The molecule has 1 unspecified atom stereocenters. The van der Waals surface area contributed by atoms with Gasteiger partial charge in [-0.15, -0.1) is 0 Å². The smallest absolute Gasteiger partial charge is 0.328 e. The normalized spacial score (nSPS) is 20.7. The van der Waals surface area contributed by atoms with E-state index in [-0.39, 0.29) is 12.0 Å². The Morgan fingerprint density at radius 1 is 1.67 bits per heavy atom. The molecular weight excluding hydrogens is 194 g/mol. The van der Waals surface area contributed by atoms with Gasteiger partial charge in [-0.2, -0.15) is 5.10 Å². The van der Waals surface area contributed by atoms with Crippen LogP contribution in [-0.4, -0.2) is 35.4 Å². The van der Waals surface area contributed by atoms with Crippen molar-refractivity contribution in [1.82, 2.24) is 9.78 Å². The third kappa shape index (κ3) is 1.82. The molecule has 1 fully saturated rings. The minimum atomic E-state index is -0.156. The van der Waals surface area contributed by atoms with E-state index in [1.165, 1.54) is 7.11 Å². The number of ether oxygens (including phenoxy) is 1. The summed E-state index contributed by atoms with van der Waals surface area (Å²) in [5.74, 6) is -0.156. The predicted octanol–water partition coefficient (Wildman–Crippen LogP) is 0.562. The molecule has 1 aliphatic heterocycles. The predicted molar refractivity (Wildman–Crippen MR) is 55.6 cm³/mol. The van der Waals surface area contributed by atoms with Gasteiger partial charge in [0.15, 0.2) is 0 Å². The average molecular weight is 209 g/mol. The molecule has 0 aliphatic carbocycles. The molecule has 2 heterocycles. The standard InChI is InChI=1S/C10H15N3O2/c1-12-7-8(6-11-12)13-5-3-4-9(13)10(14)15-2/h6-7,9H,3-5H2,1-2H3. The molecule has 1 aromatic rings. The lowest BCUT2D eigenvalue weighted by atomic mass is 10.2. The zero-order valence-electron chi connectivity index (χ0n) is 9.01. The fourth-order valence-electron chi connectivity index (χ4n) is 2.01. The van der Waals surface area contributed by atoms with Crippen LogP contribution >= 0.6 is 0 Å². The Morgan fingerprint density at radius 3 is 3.07 bits per heavy atom. The molecular formula is C10H15N3O2. The first-order valence-electron chi connectivity index (χ1n) is 5.05. The average Bonchev–Trinajstić information content (AvgIpc) is 2.84. The van der Waals surface area contributed by atoms with Gasteiger partial charge in [0.1, 0.15) is 6.04 Å². The Bertz CT molecular complexity index is 361. The Kier molecular flexibility index (Phi) is 2.62. The summed E-state index contributed by atoms with van der Waals surface area (Å²) in [5, 5.41) is 4.10. The van der Waals surface area contributed by atoms with Crippen LogP contribution in [0.3, 0.4) is 0 Å². The van der Waals surface area contributed by atoms with Crippen LogP contribution in [0.1, 0.15) is 12.8 Å². The Hall–Kier alpha value is -1.52. The van der Waals surface area contributed by atoms with E-state index in [2.05, 4.69) is 10.00 Å². The molecule has 0 saturated carbocycles. The maximum Gasteiger partial charge on any atom is 0.328 e. The molecule has 0 bridgehead atoms. The van der Waals surface area contributed by atoms with E-state index in [1.807, 2.05) is 13.2 Å². The first-order chi connectivity index (χ1) is 7.22. The summed E-state index contributed by atoms with van der Waals surface area (Å²) in [6.45, 7) is 0.894. The number of esters is 1. The zero-order valence-corrected chi connectivity index (χ0v) is 9.01. The first kappa shape index (κ1) is 10.0. The number of hydrogen-bond acceptors (Lipinski definition) is 4. The molecule has 0 amide bonds. The molecule has 0 radical (unpaired) electrons. The topological polar surface area (TPSA) is 47.4 Å². The monoisotopic (exact) mass is 209 g/mol. The van der Waals surface area contributed by atoms with Crippen LogP contribution in [0, 0.1) is 0 Å². The largest absolute Gasteiger partial charge is 0.467 e. The quantitative estimate of drug-likeness (QED) is 0.668. The highest BCUT2D eigenvalue weighted by molar-refractivity contribution is 5.80. The van der Waals surface area contributed by atoms with E-state index >= 15 is 0 Å². The van der Waals surface area contributed by atoms with Crippen LogP contribution in [0.2, 0.25) is 0 Å². The van der Waals surface area contributed by atoms with Crippen LogP contribution < -0.4 is 4.90 Å².